The zero-order chi connectivity index (χ0) is 12.8. The lowest BCUT2D eigenvalue weighted by Crippen LogP contribution is -2.19. The fourth-order valence-electron chi connectivity index (χ4n) is 2.32. The Morgan fingerprint density at radius 2 is 2.50 bits per heavy atom. The predicted molar refractivity (Wildman–Crippen MR) is 70.9 cm³/mol. The van der Waals surface area contributed by atoms with E-state index in [1.54, 1.807) is 0 Å². The first-order chi connectivity index (χ1) is 8.83. The Morgan fingerprint density at radius 1 is 1.61 bits per heavy atom. The second kappa shape index (κ2) is 6.75. The molecule has 18 heavy (non-hydrogen) atoms. The number of anilines is 1. The van der Waals surface area contributed by atoms with Gasteiger partial charge in [-0.3, -0.25) is 0 Å². The normalized spacial score (nSPS) is 23.4. The molecule has 5 heteroatoms. The summed E-state index contributed by atoms with van der Waals surface area (Å²) in [7, 11) is 0. The van der Waals surface area contributed by atoms with Crippen LogP contribution in [0, 0.1) is 0 Å². The third-order valence-electron chi connectivity index (χ3n) is 3.31. The molecule has 1 aromatic heterocycles. The third-order valence-corrected chi connectivity index (χ3v) is 3.31. The number of hydrogen-bond donors (Lipinski definition) is 1. The molecular weight excluding hydrogens is 230 g/mol. The van der Waals surface area contributed by atoms with Crippen LogP contribution < -0.4 is 5.32 Å². The average molecular weight is 253 g/mol. The smallest absolute Gasteiger partial charge is 0.203 e. The molecule has 0 saturated carbocycles. The van der Waals surface area contributed by atoms with E-state index in [0.717, 1.165) is 45.2 Å². The first-order valence-electron chi connectivity index (χ1n) is 6.79. The summed E-state index contributed by atoms with van der Waals surface area (Å²) in [6.45, 7) is 7.45. The first-order valence-corrected chi connectivity index (χ1v) is 6.79. The van der Waals surface area contributed by atoms with Gasteiger partial charge in [-0.05, 0) is 26.7 Å². The van der Waals surface area contributed by atoms with Gasteiger partial charge in [-0.1, -0.05) is 0 Å². The number of rotatable bonds is 7. The molecule has 0 radical (unpaired) electrons. The van der Waals surface area contributed by atoms with Gasteiger partial charge >= 0.3 is 0 Å². The van der Waals surface area contributed by atoms with Gasteiger partial charge < -0.3 is 19.4 Å². The molecular formula is C13H23N3O2. The molecule has 102 valence electrons. The highest BCUT2D eigenvalue weighted by atomic mass is 16.5. The van der Waals surface area contributed by atoms with Crippen LogP contribution >= 0.6 is 0 Å². The second-order valence-corrected chi connectivity index (χ2v) is 4.57. The summed E-state index contributed by atoms with van der Waals surface area (Å²) in [5.74, 6) is 0.939. The molecule has 1 N–H and O–H groups in total. The number of aromatic nitrogens is 2. The van der Waals surface area contributed by atoms with Gasteiger partial charge in [0.05, 0.1) is 12.1 Å². The first kappa shape index (κ1) is 13.4. The van der Waals surface area contributed by atoms with Gasteiger partial charge in [-0.2, -0.15) is 0 Å². The number of imidazole rings is 1. The van der Waals surface area contributed by atoms with Gasteiger partial charge in [0, 0.05) is 38.8 Å². The van der Waals surface area contributed by atoms with Crippen molar-refractivity contribution in [3.63, 3.8) is 0 Å². The second-order valence-electron chi connectivity index (χ2n) is 4.57. The van der Waals surface area contributed by atoms with E-state index in [1.807, 2.05) is 19.3 Å². The van der Waals surface area contributed by atoms with Crippen LogP contribution in [0.4, 0.5) is 5.95 Å². The van der Waals surface area contributed by atoms with Crippen LogP contribution in [-0.4, -0.2) is 42.0 Å². The van der Waals surface area contributed by atoms with Crippen molar-refractivity contribution in [2.45, 2.75) is 38.8 Å². The molecule has 0 aliphatic carbocycles. The van der Waals surface area contributed by atoms with Crippen LogP contribution in [0.1, 0.15) is 32.7 Å². The molecule has 2 rings (SSSR count). The standard InChI is InChI=1S/C13H23N3O2/c1-3-17-9-4-6-14-13-15-7-8-16(13)12-5-10-18-11(12)2/h7-8,11-12H,3-6,9-10H2,1-2H3,(H,14,15). The Balaban J connectivity index is 1.84. The SMILES string of the molecule is CCOCCCNc1nccn1C1CCOC1C. The maximum absolute atomic E-state index is 5.61. The zero-order valence-corrected chi connectivity index (χ0v) is 11.3. The highest BCUT2D eigenvalue weighted by Crippen LogP contribution is 2.28. The predicted octanol–water partition coefficient (Wildman–Crippen LogP) is 2.07. The van der Waals surface area contributed by atoms with Gasteiger partial charge in [-0.15, -0.1) is 0 Å². The largest absolute Gasteiger partial charge is 0.382 e. The van der Waals surface area contributed by atoms with Crippen molar-refractivity contribution in [1.29, 1.82) is 0 Å². The summed E-state index contributed by atoms with van der Waals surface area (Å²) >= 11 is 0. The summed E-state index contributed by atoms with van der Waals surface area (Å²) in [6, 6.07) is 0.405. The Bertz CT molecular complexity index is 354. The van der Waals surface area contributed by atoms with Gasteiger partial charge in [0.25, 0.3) is 0 Å². The quantitative estimate of drug-likeness (QED) is 0.756. The fourth-order valence-corrected chi connectivity index (χ4v) is 2.32. The number of nitrogens with zero attached hydrogens (tertiary/aromatic N) is 2. The average Bonchev–Trinajstić information content (AvgIpc) is 2.97. The van der Waals surface area contributed by atoms with Crippen molar-refractivity contribution < 1.29 is 9.47 Å². The molecule has 2 heterocycles. The van der Waals surface area contributed by atoms with Crippen LogP contribution in [0.2, 0.25) is 0 Å². The molecule has 1 aromatic rings. The van der Waals surface area contributed by atoms with Crippen LogP contribution in [0.5, 0.6) is 0 Å². The van der Waals surface area contributed by atoms with Crippen molar-refractivity contribution >= 4 is 5.95 Å². The monoisotopic (exact) mass is 253 g/mol. The van der Waals surface area contributed by atoms with Gasteiger partial charge in [0.2, 0.25) is 5.95 Å². The molecule has 5 nitrogen and oxygen atoms in total. The van der Waals surface area contributed by atoms with E-state index in [1.165, 1.54) is 0 Å². The lowest BCUT2D eigenvalue weighted by atomic mass is 10.1. The summed E-state index contributed by atoms with van der Waals surface area (Å²) in [5, 5.41) is 3.37. The van der Waals surface area contributed by atoms with E-state index in [-0.39, 0.29) is 6.10 Å². The van der Waals surface area contributed by atoms with Crippen molar-refractivity contribution in [2.75, 3.05) is 31.7 Å². The van der Waals surface area contributed by atoms with Gasteiger partial charge in [0.1, 0.15) is 0 Å². The maximum Gasteiger partial charge on any atom is 0.203 e. The van der Waals surface area contributed by atoms with Crippen molar-refractivity contribution in [3.8, 4) is 0 Å². The van der Waals surface area contributed by atoms with Crippen LogP contribution in [0.25, 0.3) is 0 Å². The van der Waals surface area contributed by atoms with E-state index < -0.39 is 0 Å². The topological polar surface area (TPSA) is 48.3 Å². The molecule has 1 aliphatic rings. The van der Waals surface area contributed by atoms with E-state index in [9.17, 15) is 0 Å². The Morgan fingerprint density at radius 3 is 3.22 bits per heavy atom. The highest BCUT2D eigenvalue weighted by molar-refractivity contribution is 5.27. The van der Waals surface area contributed by atoms with Crippen molar-refractivity contribution in [1.82, 2.24) is 9.55 Å². The molecule has 0 amide bonds. The van der Waals surface area contributed by atoms with Gasteiger partial charge in [0.15, 0.2) is 0 Å². The van der Waals surface area contributed by atoms with Crippen LogP contribution in [0.3, 0.4) is 0 Å². The molecule has 1 saturated heterocycles. The molecule has 0 bridgehead atoms. The van der Waals surface area contributed by atoms with Crippen LogP contribution in [-0.2, 0) is 9.47 Å². The summed E-state index contributed by atoms with van der Waals surface area (Å²) in [5.41, 5.74) is 0. The molecule has 2 atom stereocenters. The Labute approximate surface area is 108 Å². The third kappa shape index (κ3) is 3.23. The molecule has 1 aliphatic heterocycles. The minimum Gasteiger partial charge on any atom is -0.382 e. The van der Waals surface area contributed by atoms with Crippen molar-refractivity contribution in [3.05, 3.63) is 12.4 Å². The van der Waals surface area contributed by atoms with E-state index in [0.29, 0.717) is 6.04 Å². The van der Waals surface area contributed by atoms with Gasteiger partial charge in [-0.25, -0.2) is 4.98 Å². The Hall–Kier alpha value is -1.07. The summed E-state index contributed by atoms with van der Waals surface area (Å²) < 4.78 is 13.1. The van der Waals surface area contributed by atoms with Crippen LogP contribution in [0.15, 0.2) is 12.4 Å². The molecule has 0 aromatic carbocycles. The minimum atomic E-state index is 0.267. The van der Waals surface area contributed by atoms with E-state index in [4.69, 9.17) is 9.47 Å². The van der Waals surface area contributed by atoms with E-state index in [2.05, 4.69) is 21.8 Å². The maximum atomic E-state index is 5.61. The summed E-state index contributed by atoms with van der Waals surface area (Å²) in [6.07, 6.45) is 6.20. The lowest BCUT2D eigenvalue weighted by molar-refractivity contribution is 0.108. The minimum absolute atomic E-state index is 0.267. The number of ether oxygens (including phenoxy) is 2. The lowest BCUT2D eigenvalue weighted by Gasteiger charge is -2.18. The fraction of sp³-hybridized carbons (Fsp3) is 0.769. The zero-order valence-electron chi connectivity index (χ0n) is 11.3. The Kier molecular flexibility index (Phi) is 5.01. The number of nitrogens with one attached hydrogen (secondary N) is 1. The molecule has 1 fully saturated rings. The summed E-state index contributed by atoms with van der Waals surface area (Å²) in [4.78, 5) is 4.37. The molecule has 2 unspecified atom stereocenters. The highest BCUT2D eigenvalue weighted by Gasteiger charge is 2.27. The number of hydrogen-bond acceptors (Lipinski definition) is 4. The van der Waals surface area contributed by atoms with E-state index >= 15 is 0 Å². The van der Waals surface area contributed by atoms with Crippen molar-refractivity contribution in [2.24, 2.45) is 0 Å². The molecule has 0 spiro atoms.